The van der Waals surface area contributed by atoms with E-state index >= 15 is 0 Å². The Bertz CT molecular complexity index is 871. The second kappa shape index (κ2) is 11.4. The average Bonchev–Trinajstić information content (AvgIpc) is 3.39. The lowest BCUT2D eigenvalue weighted by atomic mass is 9.91. The lowest BCUT2D eigenvalue weighted by Crippen LogP contribution is -2.42. The van der Waals surface area contributed by atoms with Crippen molar-refractivity contribution in [3.8, 4) is 0 Å². The first kappa shape index (κ1) is 25.8. The number of cyclic esters (lactones) is 1. The van der Waals surface area contributed by atoms with Crippen LogP contribution in [0.1, 0.15) is 46.2 Å². The normalized spacial score (nSPS) is 22.0. The zero-order chi connectivity index (χ0) is 23.9. The molecule has 0 saturated carbocycles. The number of aromatic nitrogens is 1. The maximum atomic E-state index is 12.9. The first-order valence-corrected chi connectivity index (χ1v) is 11.2. The number of hydrogen-bond donors (Lipinski definition) is 0. The molecule has 2 unspecified atom stereocenters. The molecule has 2 amide bonds. The molecule has 3 rings (SSSR count). The van der Waals surface area contributed by atoms with Gasteiger partial charge < -0.3 is 4.74 Å². The number of pyridine rings is 1. The number of amides is 2. The van der Waals surface area contributed by atoms with E-state index in [4.69, 9.17) is 16.3 Å². The third kappa shape index (κ3) is 6.78. The van der Waals surface area contributed by atoms with Crippen molar-refractivity contribution in [3.05, 3.63) is 65.5 Å². The molecular formula is C25H34ClN3O3. The first-order valence-electron chi connectivity index (χ1n) is 10.8. The number of imide groups is 1. The second-order valence-electron chi connectivity index (χ2n) is 8.93. The molecule has 3 heterocycles. The van der Waals surface area contributed by atoms with Crippen LogP contribution < -0.4 is 0 Å². The van der Waals surface area contributed by atoms with Gasteiger partial charge in [-0.3, -0.25) is 14.7 Å². The molecule has 1 aromatic heterocycles. The molecule has 2 saturated heterocycles. The molecule has 2 aliphatic rings. The molecule has 2 fully saturated rings. The van der Waals surface area contributed by atoms with Crippen LogP contribution in [-0.2, 0) is 9.53 Å². The van der Waals surface area contributed by atoms with Crippen LogP contribution in [-0.4, -0.2) is 58.6 Å². The van der Waals surface area contributed by atoms with Crippen molar-refractivity contribution in [1.29, 1.82) is 0 Å². The van der Waals surface area contributed by atoms with Crippen LogP contribution in [0.25, 0.3) is 0 Å². The molecular weight excluding hydrogens is 426 g/mol. The minimum atomic E-state index is -0.544. The van der Waals surface area contributed by atoms with Gasteiger partial charge in [-0.15, -0.1) is 0 Å². The number of likely N-dealkylation sites (tertiary alicyclic amines) is 1. The van der Waals surface area contributed by atoms with E-state index in [1.807, 2.05) is 44.2 Å². The van der Waals surface area contributed by atoms with Gasteiger partial charge in [0, 0.05) is 36.4 Å². The molecule has 174 valence electrons. The lowest BCUT2D eigenvalue weighted by Gasteiger charge is -2.31. The van der Waals surface area contributed by atoms with Crippen molar-refractivity contribution in [2.45, 2.75) is 46.1 Å². The monoisotopic (exact) mass is 459 g/mol. The van der Waals surface area contributed by atoms with Crippen LogP contribution >= 0.6 is 11.6 Å². The standard InChI is InChI=1S/C17H22ClN3O3.C8H12/c1-17(2,3)20-9-12(14-5-4-11(18)8-19-14)13(10-20)15(22)21-6-7-24-16(21)23;1-4-6-7-8(3)5-2/h4-5,8,12-13H,6-7,9-10H2,1-3H3;4-7H,2H2,1,3H3/b;6-4-,8-7-. The van der Waals surface area contributed by atoms with E-state index < -0.39 is 6.09 Å². The van der Waals surface area contributed by atoms with Crippen LogP contribution in [0.15, 0.2) is 54.8 Å². The number of allylic oxidation sites excluding steroid dienone is 5. The third-order valence-electron chi connectivity index (χ3n) is 5.62. The van der Waals surface area contributed by atoms with E-state index in [1.54, 1.807) is 12.3 Å². The van der Waals surface area contributed by atoms with Gasteiger partial charge in [0.25, 0.3) is 0 Å². The molecule has 0 bridgehead atoms. The van der Waals surface area contributed by atoms with Gasteiger partial charge in [0.1, 0.15) is 6.61 Å². The zero-order valence-corrected chi connectivity index (χ0v) is 20.4. The largest absolute Gasteiger partial charge is 0.447 e. The molecule has 0 N–H and O–H groups in total. The number of hydrogen-bond acceptors (Lipinski definition) is 5. The van der Waals surface area contributed by atoms with Crippen LogP contribution in [0.3, 0.4) is 0 Å². The van der Waals surface area contributed by atoms with E-state index in [0.29, 0.717) is 18.1 Å². The van der Waals surface area contributed by atoms with Crippen LogP contribution in [0.5, 0.6) is 0 Å². The van der Waals surface area contributed by atoms with E-state index in [0.717, 1.165) is 12.2 Å². The highest BCUT2D eigenvalue weighted by molar-refractivity contribution is 6.30. The Labute approximate surface area is 196 Å². The van der Waals surface area contributed by atoms with E-state index in [-0.39, 0.29) is 29.9 Å². The summed E-state index contributed by atoms with van der Waals surface area (Å²) in [6.45, 7) is 15.9. The predicted octanol–water partition coefficient (Wildman–Crippen LogP) is 5.22. The molecule has 2 aliphatic heterocycles. The molecule has 0 aliphatic carbocycles. The summed E-state index contributed by atoms with van der Waals surface area (Å²) in [5.74, 6) is -0.558. The zero-order valence-electron chi connectivity index (χ0n) is 19.7. The summed E-state index contributed by atoms with van der Waals surface area (Å²) in [5.41, 5.74) is 1.96. The fourth-order valence-corrected chi connectivity index (χ4v) is 3.73. The smallest absolute Gasteiger partial charge is 0.416 e. The van der Waals surface area contributed by atoms with Crippen molar-refractivity contribution < 1.29 is 14.3 Å². The predicted molar refractivity (Wildman–Crippen MR) is 129 cm³/mol. The summed E-state index contributed by atoms with van der Waals surface area (Å²) in [7, 11) is 0. The number of ether oxygens (including phenoxy) is 1. The Morgan fingerprint density at radius 2 is 2.03 bits per heavy atom. The number of nitrogens with zero attached hydrogens (tertiary/aromatic N) is 3. The molecule has 7 heteroatoms. The number of carbonyl (C=O) groups is 2. The quantitative estimate of drug-likeness (QED) is 0.577. The maximum Gasteiger partial charge on any atom is 0.416 e. The summed E-state index contributed by atoms with van der Waals surface area (Å²) in [6, 6.07) is 3.65. The highest BCUT2D eigenvalue weighted by Crippen LogP contribution is 2.37. The molecule has 0 aromatic carbocycles. The Morgan fingerprint density at radius 3 is 2.53 bits per heavy atom. The van der Waals surface area contributed by atoms with Gasteiger partial charge in [0.2, 0.25) is 5.91 Å². The van der Waals surface area contributed by atoms with Crippen molar-refractivity contribution in [3.63, 3.8) is 0 Å². The molecule has 2 atom stereocenters. The van der Waals surface area contributed by atoms with Gasteiger partial charge in [-0.2, -0.15) is 0 Å². The van der Waals surface area contributed by atoms with Crippen molar-refractivity contribution in [2.75, 3.05) is 26.2 Å². The van der Waals surface area contributed by atoms with Crippen molar-refractivity contribution in [1.82, 2.24) is 14.8 Å². The topological polar surface area (TPSA) is 62.7 Å². The lowest BCUT2D eigenvalue weighted by molar-refractivity contribution is -0.132. The molecule has 1 aromatic rings. The van der Waals surface area contributed by atoms with Gasteiger partial charge in [-0.05, 0) is 46.8 Å². The van der Waals surface area contributed by atoms with Crippen LogP contribution in [0.2, 0.25) is 5.02 Å². The number of carbonyl (C=O) groups excluding carboxylic acids is 2. The van der Waals surface area contributed by atoms with Gasteiger partial charge in [0.15, 0.2) is 0 Å². The second-order valence-corrected chi connectivity index (χ2v) is 9.37. The Hall–Kier alpha value is -2.44. The number of rotatable bonds is 4. The van der Waals surface area contributed by atoms with Crippen molar-refractivity contribution >= 4 is 23.6 Å². The van der Waals surface area contributed by atoms with Gasteiger partial charge in [-0.25, -0.2) is 9.69 Å². The summed E-state index contributed by atoms with van der Waals surface area (Å²) < 4.78 is 4.92. The third-order valence-corrected chi connectivity index (χ3v) is 5.84. The first-order chi connectivity index (χ1) is 15.1. The Morgan fingerprint density at radius 1 is 1.31 bits per heavy atom. The maximum absolute atomic E-state index is 12.9. The minimum Gasteiger partial charge on any atom is -0.447 e. The number of halogens is 1. The van der Waals surface area contributed by atoms with Gasteiger partial charge in [-0.1, -0.05) is 48.1 Å². The average molecular weight is 460 g/mol. The Kier molecular flexibility index (Phi) is 9.22. The SMILES string of the molecule is C=C/C(C)=C\C=C/C.CC(C)(C)N1CC(C(=O)N2CCOC2=O)C(c2ccc(Cl)cn2)C1. The fraction of sp³-hybridized carbons (Fsp3) is 0.480. The highest BCUT2D eigenvalue weighted by atomic mass is 35.5. The van der Waals surface area contributed by atoms with E-state index in [9.17, 15) is 9.59 Å². The van der Waals surface area contributed by atoms with Gasteiger partial charge in [0.05, 0.1) is 17.5 Å². The van der Waals surface area contributed by atoms with Crippen LogP contribution in [0, 0.1) is 5.92 Å². The summed E-state index contributed by atoms with van der Waals surface area (Å²) in [5, 5.41) is 0.565. The summed E-state index contributed by atoms with van der Waals surface area (Å²) >= 11 is 5.93. The molecule has 6 nitrogen and oxygen atoms in total. The highest BCUT2D eigenvalue weighted by Gasteiger charge is 2.46. The molecule has 0 radical (unpaired) electrons. The van der Waals surface area contributed by atoms with Gasteiger partial charge >= 0.3 is 6.09 Å². The summed E-state index contributed by atoms with van der Waals surface area (Å²) in [6.07, 6.45) is 8.90. The Balaban J connectivity index is 0.000000390. The molecule has 32 heavy (non-hydrogen) atoms. The van der Waals surface area contributed by atoms with E-state index in [1.165, 1.54) is 10.5 Å². The minimum absolute atomic E-state index is 0.0643. The molecule has 0 spiro atoms. The van der Waals surface area contributed by atoms with Crippen LogP contribution in [0.4, 0.5) is 4.79 Å². The fourth-order valence-electron chi connectivity index (χ4n) is 3.62. The summed E-state index contributed by atoms with van der Waals surface area (Å²) in [4.78, 5) is 32.6. The van der Waals surface area contributed by atoms with Crippen molar-refractivity contribution in [2.24, 2.45) is 5.92 Å². The van der Waals surface area contributed by atoms with E-state index in [2.05, 4.69) is 37.2 Å².